The van der Waals surface area contributed by atoms with Crippen LogP contribution in [-0.4, -0.2) is 23.8 Å². The molecule has 72 valence electrons. The van der Waals surface area contributed by atoms with Crippen molar-refractivity contribution in [1.82, 2.24) is 4.98 Å². The van der Waals surface area contributed by atoms with Gasteiger partial charge in [0, 0.05) is 6.20 Å². The molecular weight excluding hydrogens is 198 g/mol. The highest BCUT2D eigenvalue weighted by Gasteiger charge is 2.10. The minimum atomic E-state index is -0.478. The molecule has 0 aliphatic carbocycles. The normalized spacial score (nSPS) is 8.71. The molecule has 0 unspecified atom stereocenters. The molecule has 1 aromatic rings. The number of pyridine rings is 1. The van der Waals surface area contributed by atoms with Crippen LogP contribution < -0.4 is 0 Å². The van der Waals surface area contributed by atoms with Gasteiger partial charge in [0.15, 0.2) is 5.69 Å². The summed E-state index contributed by atoms with van der Waals surface area (Å²) >= 11 is 3.95. The van der Waals surface area contributed by atoms with Crippen molar-refractivity contribution < 1.29 is 9.53 Å². The van der Waals surface area contributed by atoms with Crippen LogP contribution in [0.5, 0.6) is 0 Å². The van der Waals surface area contributed by atoms with Crippen LogP contribution in [0.3, 0.4) is 0 Å². The van der Waals surface area contributed by atoms with Crippen LogP contribution in [0.25, 0.3) is 0 Å². The standard InChI is InChI=1S/C10H9NO2S/c1-13-10(12)9-8(5-3-7-14)4-2-6-11-9/h2,4,6,14H,7H2,1H3. The first-order valence-electron chi connectivity index (χ1n) is 3.92. The maximum Gasteiger partial charge on any atom is 0.357 e. The third-order valence-electron chi connectivity index (χ3n) is 1.49. The molecule has 0 amide bonds. The van der Waals surface area contributed by atoms with Gasteiger partial charge >= 0.3 is 5.97 Å². The molecule has 1 aromatic heterocycles. The maximum atomic E-state index is 11.2. The Balaban J connectivity index is 3.09. The number of hydrogen-bond acceptors (Lipinski definition) is 4. The second-order valence-corrected chi connectivity index (χ2v) is 2.67. The molecule has 0 bridgehead atoms. The van der Waals surface area contributed by atoms with Gasteiger partial charge in [0.1, 0.15) is 0 Å². The monoisotopic (exact) mass is 207 g/mol. The van der Waals surface area contributed by atoms with Crippen LogP contribution in [-0.2, 0) is 4.74 Å². The first kappa shape index (κ1) is 10.6. The summed E-state index contributed by atoms with van der Waals surface area (Å²) in [6, 6.07) is 3.44. The Morgan fingerprint density at radius 1 is 1.71 bits per heavy atom. The highest BCUT2D eigenvalue weighted by atomic mass is 32.1. The zero-order valence-electron chi connectivity index (χ0n) is 7.65. The number of rotatable bonds is 1. The lowest BCUT2D eigenvalue weighted by Crippen LogP contribution is -2.06. The number of hydrogen-bond donors (Lipinski definition) is 1. The van der Waals surface area contributed by atoms with Crippen molar-refractivity contribution in [2.45, 2.75) is 0 Å². The molecule has 0 radical (unpaired) electrons. The molecule has 0 spiro atoms. The predicted molar refractivity (Wildman–Crippen MR) is 56.3 cm³/mol. The van der Waals surface area contributed by atoms with Gasteiger partial charge in [0.2, 0.25) is 0 Å². The number of aromatic nitrogens is 1. The summed E-state index contributed by atoms with van der Waals surface area (Å²) in [4.78, 5) is 15.1. The predicted octanol–water partition coefficient (Wildman–Crippen LogP) is 1.15. The zero-order chi connectivity index (χ0) is 10.4. The largest absolute Gasteiger partial charge is 0.464 e. The van der Waals surface area contributed by atoms with E-state index < -0.39 is 5.97 Å². The van der Waals surface area contributed by atoms with Gasteiger partial charge < -0.3 is 4.74 Å². The number of ether oxygens (including phenoxy) is 1. The van der Waals surface area contributed by atoms with Crippen LogP contribution in [0.15, 0.2) is 18.3 Å². The Morgan fingerprint density at radius 2 is 2.50 bits per heavy atom. The Hall–Kier alpha value is -1.47. The van der Waals surface area contributed by atoms with E-state index in [1.54, 1.807) is 12.1 Å². The second kappa shape index (κ2) is 5.30. The van der Waals surface area contributed by atoms with Crippen molar-refractivity contribution in [2.24, 2.45) is 0 Å². The molecule has 1 rings (SSSR count). The molecule has 3 nitrogen and oxygen atoms in total. The van der Waals surface area contributed by atoms with Crippen LogP contribution >= 0.6 is 12.6 Å². The second-order valence-electron chi connectivity index (χ2n) is 2.35. The average molecular weight is 207 g/mol. The van der Waals surface area contributed by atoms with Crippen molar-refractivity contribution >= 4 is 18.6 Å². The van der Waals surface area contributed by atoms with Gasteiger partial charge in [0.25, 0.3) is 0 Å². The highest BCUT2D eigenvalue weighted by molar-refractivity contribution is 7.80. The fourth-order valence-electron chi connectivity index (χ4n) is 0.900. The molecular formula is C10H9NO2S. The van der Waals surface area contributed by atoms with Crippen LogP contribution in [0.2, 0.25) is 0 Å². The van der Waals surface area contributed by atoms with E-state index in [0.717, 1.165) is 0 Å². The van der Waals surface area contributed by atoms with Gasteiger partial charge in [0.05, 0.1) is 18.4 Å². The number of carbonyl (C=O) groups excluding carboxylic acids is 1. The van der Waals surface area contributed by atoms with Gasteiger partial charge in [-0.3, -0.25) is 0 Å². The molecule has 0 saturated heterocycles. The fourth-order valence-corrected chi connectivity index (χ4v) is 0.979. The first-order chi connectivity index (χ1) is 6.79. The van der Waals surface area contributed by atoms with E-state index in [0.29, 0.717) is 11.3 Å². The third kappa shape index (κ3) is 2.51. The number of thiol groups is 1. The minimum Gasteiger partial charge on any atom is -0.464 e. The van der Waals surface area contributed by atoms with E-state index in [9.17, 15) is 4.79 Å². The van der Waals surface area contributed by atoms with Crippen LogP contribution in [0.4, 0.5) is 0 Å². The summed E-state index contributed by atoms with van der Waals surface area (Å²) in [5.41, 5.74) is 0.803. The molecule has 0 aliphatic heterocycles. The van der Waals surface area contributed by atoms with Crippen LogP contribution in [0, 0.1) is 11.8 Å². The molecule has 1 heterocycles. The van der Waals surface area contributed by atoms with E-state index in [-0.39, 0.29) is 5.69 Å². The van der Waals surface area contributed by atoms with Gasteiger partial charge in [-0.25, -0.2) is 9.78 Å². The quantitative estimate of drug-likeness (QED) is 0.426. The zero-order valence-corrected chi connectivity index (χ0v) is 8.54. The molecule has 14 heavy (non-hydrogen) atoms. The maximum absolute atomic E-state index is 11.2. The van der Waals surface area contributed by atoms with Gasteiger partial charge in [-0.2, -0.15) is 12.6 Å². The Kier molecular flexibility index (Phi) is 4.02. The third-order valence-corrected chi connectivity index (χ3v) is 1.65. The SMILES string of the molecule is COC(=O)c1ncccc1C#CCS. The number of methoxy groups -OCH3 is 1. The fraction of sp³-hybridized carbons (Fsp3) is 0.200. The highest BCUT2D eigenvalue weighted by Crippen LogP contribution is 2.04. The lowest BCUT2D eigenvalue weighted by atomic mass is 10.2. The number of nitrogens with zero attached hydrogens (tertiary/aromatic N) is 1. The number of esters is 1. The van der Waals surface area contributed by atoms with Crippen molar-refractivity contribution in [1.29, 1.82) is 0 Å². The van der Waals surface area contributed by atoms with E-state index in [2.05, 4.69) is 34.2 Å². The Labute approximate surface area is 87.9 Å². The average Bonchev–Trinajstić information content (AvgIpc) is 2.25. The first-order valence-corrected chi connectivity index (χ1v) is 4.56. The molecule has 0 aromatic carbocycles. The summed E-state index contributed by atoms with van der Waals surface area (Å²) in [5, 5.41) is 0. The lowest BCUT2D eigenvalue weighted by Gasteiger charge is -1.99. The Bertz CT molecular complexity index is 393. The van der Waals surface area contributed by atoms with Crippen molar-refractivity contribution in [3.05, 3.63) is 29.6 Å². The molecule has 0 fully saturated rings. The number of carbonyl (C=O) groups is 1. The van der Waals surface area contributed by atoms with Crippen molar-refractivity contribution in [3.63, 3.8) is 0 Å². The van der Waals surface area contributed by atoms with E-state index in [1.807, 2.05) is 0 Å². The summed E-state index contributed by atoms with van der Waals surface area (Å²) in [6.07, 6.45) is 1.53. The summed E-state index contributed by atoms with van der Waals surface area (Å²) in [6.45, 7) is 0. The van der Waals surface area contributed by atoms with E-state index >= 15 is 0 Å². The molecule has 0 atom stereocenters. The van der Waals surface area contributed by atoms with Crippen LogP contribution in [0.1, 0.15) is 16.1 Å². The topological polar surface area (TPSA) is 39.2 Å². The molecule has 0 N–H and O–H groups in total. The van der Waals surface area contributed by atoms with E-state index in [1.165, 1.54) is 13.3 Å². The molecule has 4 heteroatoms. The van der Waals surface area contributed by atoms with Crippen molar-refractivity contribution in [3.8, 4) is 11.8 Å². The lowest BCUT2D eigenvalue weighted by molar-refractivity contribution is 0.0593. The smallest absolute Gasteiger partial charge is 0.357 e. The molecule has 0 saturated carbocycles. The van der Waals surface area contributed by atoms with Crippen molar-refractivity contribution in [2.75, 3.05) is 12.9 Å². The van der Waals surface area contributed by atoms with E-state index in [4.69, 9.17) is 0 Å². The summed E-state index contributed by atoms with van der Waals surface area (Å²) < 4.78 is 4.57. The van der Waals surface area contributed by atoms with Gasteiger partial charge in [-0.05, 0) is 12.1 Å². The Morgan fingerprint density at radius 3 is 3.14 bits per heavy atom. The summed E-state index contributed by atoms with van der Waals surface area (Å²) in [5.74, 6) is 5.50. The summed E-state index contributed by atoms with van der Waals surface area (Å²) in [7, 11) is 1.31. The van der Waals surface area contributed by atoms with Gasteiger partial charge in [-0.1, -0.05) is 11.8 Å². The molecule has 0 aliphatic rings. The minimum absolute atomic E-state index is 0.240. The van der Waals surface area contributed by atoms with Gasteiger partial charge in [-0.15, -0.1) is 0 Å².